The summed E-state index contributed by atoms with van der Waals surface area (Å²) < 4.78 is 39.2. The van der Waals surface area contributed by atoms with Crippen LogP contribution in [0.2, 0.25) is 5.02 Å². The molecule has 1 unspecified atom stereocenters. The first-order chi connectivity index (χ1) is 9.99. The van der Waals surface area contributed by atoms with Crippen LogP contribution in [0.25, 0.3) is 0 Å². The molecule has 0 aromatic heterocycles. The second-order valence-electron chi connectivity index (χ2n) is 4.89. The van der Waals surface area contributed by atoms with Crippen molar-refractivity contribution in [1.82, 2.24) is 5.32 Å². The number of halogens is 4. The molecule has 0 bridgehead atoms. The summed E-state index contributed by atoms with van der Waals surface area (Å²) in [5.74, 6) is -2.17. The zero-order valence-corrected chi connectivity index (χ0v) is 12.2. The minimum Gasteiger partial charge on any atom is -0.316 e. The summed E-state index contributed by atoms with van der Waals surface area (Å²) in [7, 11) is 1.79. The highest BCUT2D eigenvalue weighted by molar-refractivity contribution is 6.30. The summed E-state index contributed by atoms with van der Waals surface area (Å²) in [5, 5.41) is 3.19. The molecule has 1 N–H and O–H groups in total. The molecule has 0 spiro atoms. The molecule has 112 valence electrons. The summed E-state index contributed by atoms with van der Waals surface area (Å²) in [6.07, 6.45) is 1.14. The average molecular weight is 314 g/mol. The van der Waals surface area contributed by atoms with Crippen molar-refractivity contribution >= 4 is 11.6 Å². The number of benzene rings is 2. The third-order valence-corrected chi connectivity index (χ3v) is 3.63. The standard InChI is InChI=1S/C16H15ClF3N/c1-21-12(6-10-2-4-14(18)13(17)8-10)7-11-3-5-15(19)16(20)9-11/h2-5,8-9,12,21H,6-7H2,1H3. The van der Waals surface area contributed by atoms with Gasteiger partial charge in [-0.05, 0) is 55.3 Å². The van der Waals surface area contributed by atoms with E-state index in [9.17, 15) is 13.2 Å². The quantitative estimate of drug-likeness (QED) is 0.875. The summed E-state index contributed by atoms with van der Waals surface area (Å²) in [6.45, 7) is 0. The Morgan fingerprint density at radius 3 is 2.00 bits per heavy atom. The van der Waals surface area contributed by atoms with E-state index in [0.29, 0.717) is 18.4 Å². The third-order valence-electron chi connectivity index (χ3n) is 3.34. The van der Waals surface area contributed by atoms with Crippen LogP contribution in [0.5, 0.6) is 0 Å². The normalized spacial score (nSPS) is 12.4. The summed E-state index contributed by atoms with van der Waals surface area (Å²) in [6, 6.07) is 8.44. The molecule has 0 aliphatic carbocycles. The van der Waals surface area contributed by atoms with Gasteiger partial charge in [0, 0.05) is 6.04 Å². The van der Waals surface area contributed by atoms with Crippen molar-refractivity contribution in [3.63, 3.8) is 0 Å². The molecule has 0 amide bonds. The van der Waals surface area contributed by atoms with Crippen LogP contribution >= 0.6 is 11.6 Å². The Hall–Kier alpha value is -1.52. The predicted octanol–water partition coefficient (Wildman–Crippen LogP) is 4.13. The first-order valence-corrected chi connectivity index (χ1v) is 6.92. The Morgan fingerprint density at radius 2 is 1.48 bits per heavy atom. The molecule has 2 rings (SSSR count). The summed E-state index contributed by atoms with van der Waals surface area (Å²) >= 11 is 5.75. The Balaban J connectivity index is 2.08. The van der Waals surface area contributed by atoms with Crippen molar-refractivity contribution in [2.75, 3.05) is 7.05 Å². The van der Waals surface area contributed by atoms with Crippen molar-refractivity contribution in [2.45, 2.75) is 18.9 Å². The largest absolute Gasteiger partial charge is 0.316 e. The van der Waals surface area contributed by atoms with Gasteiger partial charge in [0.2, 0.25) is 0 Å². The maximum atomic E-state index is 13.2. The first-order valence-electron chi connectivity index (χ1n) is 6.54. The van der Waals surface area contributed by atoms with Crippen LogP contribution < -0.4 is 5.32 Å². The van der Waals surface area contributed by atoms with Crippen LogP contribution in [-0.2, 0) is 12.8 Å². The first kappa shape index (κ1) is 15.9. The van der Waals surface area contributed by atoms with E-state index in [1.807, 2.05) is 0 Å². The number of hydrogen-bond donors (Lipinski definition) is 1. The Morgan fingerprint density at radius 1 is 0.905 bits per heavy atom. The topological polar surface area (TPSA) is 12.0 Å². The molecule has 0 fully saturated rings. The molecule has 0 heterocycles. The van der Waals surface area contributed by atoms with E-state index < -0.39 is 17.5 Å². The second kappa shape index (κ2) is 6.96. The molecule has 2 aromatic carbocycles. The maximum absolute atomic E-state index is 13.2. The molecule has 1 atom stereocenters. The molecule has 0 saturated carbocycles. The Bertz CT molecular complexity index is 577. The lowest BCUT2D eigenvalue weighted by atomic mass is 9.99. The van der Waals surface area contributed by atoms with Crippen LogP contribution in [-0.4, -0.2) is 13.1 Å². The van der Waals surface area contributed by atoms with Gasteiger partial charge in [-0.1, -0.05) is 23.7 Å². The fourth-order valence-electron chi connectivity index (χ4n) is 2.18. The average Bonchev–Trinajstić information content (AvgIpc) is 2.46. The number of rotatable bonds is 5. The van der Waals surface area contributed by atoms with Gasteiger partial charge in [-0.2, -0.15) is 0 Å². The van der Waals surface area contributed by atoms with Gasteiger partial charge in [0.1, 0.15) is 5.82 Å². The van der Waals surface area contributed by atoms with E-state index in [1.54, 1.807) is 25.2 Å². The molecule has 0 aliphatic rings. The van der Waals surface area contributed by atoms with Crippen molar-refractivity contribution in [2.24, 2.45) is 0 Å². The SMILES string of the molecule is CNC(Cc1ccc(F)c(F)c1)Cc1ccc(F)c(Cl)c1. The summed E-state index contributed by atoms with van der Waals surface area (Å²) in [4.78, 5) is 0. The van der Waals surface area contributed by atoms with Crippen molar-refractivity contribution < 1.29 is 13.2 Å². The van der Waals surface area contributed by atoms with Gasteiger partial charge in [-0.3, -0.25) is 0 Å². The van der Waals surface area contributed by atoms with Crippen LogP contribution in [0.1, 0.15) is 11.1 Å². The smallest absolute Gasteiger partial charge is 0.159 e. The fraction of sp³-hybridized carbons (Fsp3) is 0.250. The lowest BCUT2D eigenvalue weighted by molar-refractivity contribution is 0.503. The fourth-order valence-corrected chi connectivity index (χ4v) is 2.38. The van der Waals surface area contributed by atoms with Gasteiger partial charge in [-0.15, -0.1) is 0 Å². The van der Waals surface area contributed by atoms with Crippen molar-refractivity contribution in [1.29, 1.82) is 0 Å². The van der Waals surface area contributed by atoms with Crippen molar-refractivity contribution in [3.8, 4) is 0 Å². The molecule has 0 radical (unpaired) electrons. The summed E-state index contributed by atoms with van der Waals surface area (Å²) in [5.41, 5.74) is 1.57. The predicted molar refractivity (Wildman–Crippen MR) is 78.0 cm³/mol. The third kappa shape index (κ3) is 4.22. The zero-order chi connectivity index (χ0) is 15.4. The van der Waals surface area contributed by atoms with Crippen molar-refractivity contribution in [3.05, 3.63) is 70.0 Å². The minimum atomic E-state index is -0.856. The highest BCUT2D eigenvalue weighted by atomic mass is 35.5. The molecule has 0 saturated heterocycles. The van der Waals surface area contributed by atoms with E-state index in [1.165, 1.54) is 12.1 Å². The van der Waals surface area contributed by atoms with Crippen LogP contribution in [0.4, 0.5) is 13.2 Å². The molecular formula is C16H15ClF3N. The van der Waals surface area contributed by atoms with E-state index >= 15 is 0 Å². The van der Waals surface area contributed by atoms with E-state index in [0.717, 1.165) is 11.6 Å². The van der Waals surface area contributed by atoms with Crippen LogP contribution in [0.3, 0.4) is 0 Å². The van der Waals surface area contributed by atoms with Gasteiger partial charge in [-0.25, -0.2) is 13.2 Å². The van der Waals surface area contributed by atoms with E-state index in [-0.39, 0.29) is 11.1 Å². The van der Waals surface area contributed by atoms with Crippen LogP contribution in [0.15, 0.2) is 36.4 Å². The lowest BCUT2D eigenvalue weighted by Gasteiger charge is -2.17. The highest BCUT2D eigenvalue weighted by Crippen LogP contribution is 2.18. The maximum Gasteiger partial charge on any atom is 0.159 e. The molecule has 0 aliphatic heterocycles. The molecule has 5 heteroatoms. The molecule has 2 aromatic rings. The van der Waals surface area contributed by atoms with Gasteiger partial charge in [0.15, 0.2) is 11.6 Å². The van der Waals surface area contributed by atoms with Crippen LogP contribution in [0, 0.1) is 17.5 Å². The number of hydrogen-bond acceptors (Lipinski definition) is 1. The zero-order valence-electron chi connectivity index (χ0n) is 11.5. The monoisotopic (exact) mass is 313 g/mol. The molecule has 1 nitrogen and oxygen atoms in total. The van der Waals surface area contributed by atoms with Gasteiger partial charge in [0.25, 0.3) is 0 Å². The van der Waals surface area contributed by atoms with Gasteiger partial charge < -0.3 is 5.32 Å². The van der Waals surface area contributed by atoms with Gasteiger partial charge in [0.05, 0.1) is 5.02 Å². The highest BCUT2D eigenvalue weighted by Gasteiger charge is 2.11. The Kier molecular flexibility index (Phi) is 5.26. The van der Waals surface area contributed by atoms with E-state index in [2.05, 4.69) is 5.32 Å². The molecular weight excluding hydrogens is 299 g/mol. The van der Waals surface area contributed by atoms with Gasteiger partial charge >= 0.3 is 0 Å². The number of likely N-dealkylation sites (N-methyl/N-ethyl adjacent to an activating group) is 1. The Labute approximate surface area is 126 Å². The lowest BCUT2D eigenvalue weighted by Crippen LogP contribution is -2.30. The van der Waals surface area contributed by atoms with E-state index in [4.69, 9.17) is 11.6 Å². The molecule has 21 heavy (non-hydrogen) atoms. The number of nitrogens with one attached hydrogen (secondary N) is 1. The second-order valence-corrected chi connectivity index (χ2v) is 5.30. The minimum absolute atomic E-state index is 0.0105.